The minimum absolute atomic E-state index is 0.201. The van der Waals surface area contributed by atoms with Gasteiger partial charge in [0.2, 0.25) is 0 Å². The van der Waals surface area contributed by atoms with Crippen LogP contribution < -0.4 is 10.9 Å². The van der Waals surface area contributed by atoms with E-state index < -0.39 is 0 Å². The van der Waals surface area contributed by atoms with Crippen molar-refractivity contribution >= 4 is 5.91 Å². The Balaban J connectivity index is 2.02. The van der Waals surface area contributed by atoms with E-state index in [1.54, 1.807) is 7.11 Å². The largest absolute Gasteiger partial charge is 0.383 e. The van der Waals surface area contributed by atoms with Gasteiger partial charge >= 0.3 is 0 Å². The summed E-state index contributed by atoms with van der Waals surface area (Å²) in [7, 11) is 1.56. The molecule has 1 saturated carbocycles. The van der Waals surface area contributed by atoms with Gasteiger partial charge < -0.3 is 10.1 Å². The molecular weight excluding hydrogens is 270 g/mol. The van der Waals surface area contributed by atoms with Crippen LogP contribution >= 0.6 is 0 Å². The number of hydrogen-bond acceptors (Lipinski definition) is 4. The highest BCUT2D eigenvalue weighted by molar-refractivity contribution is 5.92. The number of ether oxygens (including phenoxy) is 1. The molecule has 0 atom stereocenters. The first-order chi connectivity index (χ1) is 10.2. The van der Waals surface area contributed by atoms with E-state index >= 15 is 0 Å². The van der Waals surface area contributed by atoms with Crippen molar-refractivity contribution in [2.45, 2.75) is 51.1 Å². The fourth-order valence-corrected chi connectivity index (χ4v) is 2.59. The van der Waals surface area contributed by atoms with Gasteiger partial charge in [-0.1, -0.05) is 25.7 Å². The third-order valence-corrected chi connectivity index (χ3v) is 3.80. The lowest BCUT2D eigenvalue weighted by molar-refractivity contribution is 0.0924. The van der Waals surface area contributed by atoms with Crippen molar-refractivity contribution in [3.8, 4) is 0 Å². The summed E-state index contributed by atoms with van der Waals surface area (Å²) in [6.07, 6.45) is 6.85. The molecule has 1 heterocycles. The zero-order valence-electron chi connectivity index (χ0n) is 12.5. The number of carbonyl (C=O) groups excluding carboxylic acids is 1. The molecule has 1 aliphatic carbocycles. The zero-order chi connectivity index (χ0) is 15.1. The average molecular weight is 293 g/mol. The van der Waals surface area contributed by atoms with Crippen LogP contribution in [0.1, 0.15) is 49.0 Å². The molecule has 21 heavy (non-hydrogen) atoms. The topological polar surface area (TPSA) is 73.2 Å². The summed E-state index contributed by atoms with van der Waals surface area (Å²) in [6, 6.07) is 3.09. The Bertz CT molecular complexity index is 519. The van der Waals surface area contributed by atoms with E-state index in [-0.39, 0.29) is 23.2 Å². The van der Waals surface area contributed by atoms with Gasteiger partial charge in [0, 0.05) is 19.2 Å². The van der Waals surface area contributed by atoms with Crippen molar-refractivity contribution in [2.24, 2.45) is 0 Å². The van der Waals surface area contributed by atoms with Gasteiger partial charge in [0.25, 0.3) is 11.5 Å². The standard InChI is InChI=1S/C15H23N3O3/c1-21-11-10-18-14(19)9-8-13(17-18)15(20)16-12-6-4-2-3-5-7-12/h8-9,12H,2-7,10-11H2,1H3,(H,16,20). The van der Waals surface area contributed by atoms with E-state index in [2.05, 4.69) is 10.4 Å². The Morgan fingerprint density at radius 2 is 2.05 bits per heavy atom. The average Bonchev–Trinajstić information content (AvgIpc) is 2.75. The summed E-state index contributed by atoms with van der Waals surface area (Å²) in [6.45, 7) is 0.737. The first-order valence-electron chi connectivity index (χ1n) is 7.58. The van der Waals surface area contributed by atoms with Gasteiger partial charge in [-0.3, -0.25) is 9.59 Å². The quantitative estimate of drug-likeness (QED) is 0.832. The van der Waals surface area contributed by atoms with E-state index in [4.69, 9.17) is 4.74 Å². The predicted octanol–water partition coefficient (Wildman–Crippen LogP) is 1.34. The second-order valence-electron chi connectivity index (χ2n) is 5.43. The van der Waals surface area contributed by atoms with E-state index in [9.17, 15) is 9.59 Å². The molecule has 2 rings (SSSR count). The minimum Gasteiger partial charge on any atom is -0.383 e. The van der Waals surface area contributed by atoms with E-state index in [0.717, 1.165) is 25.7 Å². The number of nitrogens with one attached hydrogen (secondary N) is 1. The van der Waals surface area contributed by atoms with E-state index in [0.29, 0.717) is 13.2 Å². The number of nitrogens with zero attached hydrogens (tertiary/aromatic N) is 2. The number of hydrogen-bond donors (Lipinski definition) is 1. The highest BCUT2D eigenvalue weighted by atomic mass is 16.5. The van der Waals surface area contributed by atoms with Crippen molar-refractivity contribution < 1.29 is 9.53 Å². The molecule has 0 spiro atoms. The van der Waals surface area contributed by atoms with Crippen LogP contribution in [-0.2, 0) is 11.3 Å². The summed E-state index contributed by atoms with van der Waals surface area (Å²) in [5, 5.41) is 7.14. The van der Waals surface area contributed by atoms with Crippen LogP contribution in [0.15, 0.2) is 16.9 Å². The number of aromatic nitrogens is 2. The lowest BCUT2D eigenvalue weighted by Gasteiger charge is -2.16. The fraction of sp³-hybridized carbons (Fsp3) is 0.667. The molecule has 1 aromatic heterocycles. The highest BCUT2D eigenvalue weighted by Crippen LogP contribution is 2.17. The number of methoxy groups -OCH3 is 1. The normalized spacial score (nSPS) is 16.4. The zero-order valence-corrected chi connectivity index (χ0v) is 12.5. The molecule has 0 unspecified atom stereocenters. The van der Waals surface area contributed by atoms with Crippen molar-refractivity contribution in [1.82, 2.24) is 15.1 Å². The van der Waals surface area contributed by atoms with Crippen LogP contribution in [0.5, 0.6) is 0 Å². The van der Waals surface area contributed by atoms with Gasteiger partial charge in [-0.25, -0.2) is 4.68 Å². The second-order valence-corrected chi connectivity index (χ2v) is 5.43. The number of amides is 1. The lowest BCUT2D eigenvalue weighted by Crippen LogP contribution is -2.36. The summed E-state index contributed by atoms with van der Waals surface area (Å²) >= 11 is 0. The Labute approximate surface area is 124 Å². The summed E-state index contributed by atoms with van der Waals surface area (Å²) in [5.41, 5.74) is 0.0630. The second kappa shape index (κ2) is 7.93. The van der Waals surface area contributed by atoms with Gasteiger partial charge in [0.05, 0.1) is 13.2 Å². The van der Waals surface area contributed by atoms with Crippen molar-refractivity contribution in [1.29, 1.82) is 0 Å². The third kappa shape index (κ3) is 4.67. The first kappa shape index (κ1) is 15.7. The molecule has 0 radical (unpaired) electrons. The Morgan fingerprint density at radius 1 is 1.33 bits per heavy atom. The molecule has 0 aliphatic heterocycles. The molecule has 0 saturated heterocycles. The molecule has 6 heteroatoms. The number of carbonyl (C=O) groups is 1. The molecule has 0 bridgehead atoms. The van der Waals surface area contributed by atoms with Gasteiger partial charge in [0.1, 0.15) is 5.69 Å². The summed E-state index contributed by atoms with van der Waals surface area (Å²) in [4.78, 5) is 23.9. The van der Waals surface area contributed by atoms with E-state index in [1.165, 1.54) is 29.7 Å². The van der Waals surface area contributed by atoms with Crippen LogP contribution in [0.25, 0.3) is 0 Å². The minimum atomic E-state index is -0.224. The number of rotatable bonds is 5. The van der Waals surface area contributed by atoms with Gasteiger partial charge in [0.15, 0.2) is 0 Å². The molecule has 1 fully saturated rings. The molecular formula is C15H23N3O3. The molecule has 116 valence electrons. The molecule has 6 nitrogen and oxygen atoms in total. The highest BCUT2D eigenvalue weighted by Gasteiger charge is 2.17. The Hall–Kier alpha value is -1.69. The SMILES string of the molecule is COCCn1nc(C(=O)NC2CCCCCC2)ccc1=O. The molecule has 1 aliphatic rings. The molecule has 1 aromatic rings. The maximum absolute atomic E-state index is 12.2. The molecule has 1 N–H and O–H groups in total. The smallest absolute Gasteiger partial charge is 0.271 e. The summed E-state index contributed by atoms with van der Waals surface area (Å²) < 4.78 is 6.21. The van der Waals surface area contributed by atoms with Gasteiger partial charge in [-0.15, -0.1) is 0 Å². The first-order valence-corrected chi connectivity index (χ1v) is 7.58. The predicted molar refractivity (Wildman–Crippen MR) is 79.3 cm³/mol. The summed E-state index contributed by atoms with van der Waals surface area (Å²) in [5.74, 6) is -0.201. The van der Waals surface area contributed by atoms with E-state index in [1.807, 2.05) is 0 Å². The van der Waals surface area contributed by atoms with Crippen LogP contribution in [0.4, 0.5) is 0 Å². The van der Waals surface area contributed by atoms with Crippen LogP contribution in [0.3, 0.4) is 0 Å². The van der Waals surface area contributed by atoms with Crippen molar-refractivity contribution in [3.05, 3.63) is 28.2 Å². The Morgan fingerprint density at radius 3 is 2.71 bits per heavy atom. The van der Waals surface area contributed by atoms with Crippen LogP contribution in [0, 0.1) is 0 Å². The third-order valence-electron chi connectivity index (χ3n) is 3.80. The van der Waals surface area contributed by atoms with Crippen molar-refractivity contribution in [2.75, 3.05) is 13.7 Å². The van der Waals surface area contributed by atoms with Crippen LogP contribution in [-0.4, -0.2) is 35.4 Å². The monoisotopic (exact) mass is 293 g/mol. The van der Waals surface area contributed by atoms with Gasteiger partial charge in [-0.05, 0) is 18.9 Å². The maximum Gasteiger partial charge on any atom is 0.271 e. The molecule has 1 amide bonds. The maximum atomic E-state index is 12.2. The lowest BCUT2D eigenvalue weighted by atomic mass is 10.1. The Kier molecular flexibility index (Phi) is 5.92. The van der Waals surface area contributed by atoms with Crippen molar-refractivity contribution in [3.63, 3.8) is 0 Å². The van der Waals surface area contributed by atoms with Gasteiger partial charge in [-0.2, -0.15) is 5.10 Å². The van der Waals surface area contributed by atoms with Crippen LogP contribution in [0.2, 0.25) is 0 Å². The molecule has 0 aromatic carbocycles. The fourth-order valence-electron chi connectivity index (χ4n) is 2.59.